The summed E-state index contributed by atoms with van der Waals surface area (Å²) in [4.78, 5) is 10.0. The zero-order valence-corrected chi connectivity index (χ0v) is 18.4. The summed E-state index contributed by atoms with van der Waals surface area (Å²) in [6.07, 6.45) is 0. The van der Waals surface area contributed by atoms with Crippen LogP contribution in [0.1, 0.15) is 17.0 Å². The molecule has 4 aromatic rings. The van der Waals surface area contributed by atoms with Gasteiger partial charge in [-0.3, -0.25) is 9.80 Å². The van der Waals surface area contributed by atoms with Gasteiger partial charge in [0.1, 0.15) is 5.82 Å². The van der Waals surface area contributed by atoms with E-state index in [1.165, 1.54) is 11.1 Å². The predicted molar refractivity (Wildman–Crippen MR) is 127 cm³/mol. The highest BCUT2D eigenvalue weighted by Crippen LogP contribution is 2.23. The summed E-state index contributed by atoms with van der Waals surface area (Å²) >= 11 is 6.25. The van der Waals surface area contributed by atoms with Crippen LogP contribution in [0.5, 0.6) is 0 Å². The standard InChI is InChI=1S/C26H27ClN4/c27-23-11-12-25-24(17-23)28-26(31(25)19-22-9-5-2-6-10-22)20-30-15-13-29(14-16-30)18-21-7-3-1-4-8-21/h1-12,17H,13-16,18-20H2. The van der Waals surface area contributed by atoms with Crippen molar-refractivity contribution < 1.29 is 0 Å². The summed E-state index contributed by atoms with van der Waals surface area (Å²) < 4.78 is 2.34. The van der Waals surface area contributed by atoms with Crippen molar-refractivity contribution in [3.63, 3.8) is 0 Å². The fraction of sp³-hybridized carbons (Fsp3) is 0.269. The van der Waals surface area contributed by atoms with Gasteiger partial charge < -0.3 is 4.57 Å². The smallest absolute Gasteiger partial charge is 0.124 e. The lowest BCUT2D eigenvalue weighted by molar-refractivity contribution is 0.119. The van der Waals surface area contributed by atoms with Gasteiger partial charge in [-0.25, -0.2) is 4.98 Å². The van der Waals surface area contributed by atoms with Gasteiger partial charge in [0, 0.05) is 44.3 Å². The fourth-order valence-electron chi connectivity index (χ4n) is 4.36. The molecule has 1 fully saturated rings. The van der Waals surface area contributed by atoms with Gasteiger partial charge in [0.15, 0.2) is 0 Å². The first kappa shape index (κ1) is 20.3. The van der Waals surface area contributed by atoms with Gasteiger partial charge in [0.2, 0.25) is 0 Å². The van der Waals surface area contributed by atoms with Crippen molar-refractivity contribution in [1.82, 2.24) is 19.4 Å². The minimum atomic E-state index is 0.734. The van der Waals surface area contributed by atoms with Gasteiger partial charge in [0.05, 0.1) is 17.6 Å². The topological polar surface area (TPSA) is 24.3 Å². The number of nitrogens with zero attached hydrogens (tertiary/aromatic N) is 4. The maximum atomic E-state index is 6.25. The Morgan fingerprint density at radius 3 is 1.90 bits per heavy atom. The lowest BCUT2D eigenvalue weighted by Crippen LogP contribution is -2.45. The number of imidazole rings is 1. The van der Waals surface area contributed by atoms with Crippen molar-refractivity contribution in [3.05, 3.63) is 101 Å². The van der Waals surface area contributed by atoms with Crippen molar-refractivity contribution in [2.45, 2.75) is 19.6 Å². The van der Waals surface area contributed by atoms with Crippen molar-refractivity contribution >= 4 is 22.6 Å². The number of hydrogen-bond donors (Lipinski definition) is 0. The normalized spacial score (nSPS) is 15.5. The third-order valence-corrected chi connectivity index (χ3v) is 6.29. The minimum Gasteiger partial charge on any atom is -0.322 e. The lowest BCUT2D eigenvalue weighted by atomic mass is 10.2. The zero-order chi connectivity index (χ0) is 21.0. The van der Waals surface area contributed by atoms with E-state index in [9.17, 15) is 0 Å². The third kappa shape index (κ3) is 4.82. The zero-order valence-electron chi connectivity index (χ0n) is 17.6. The lowest BCUT2D eigenvalue weighted by Gasteiger charge is -2.34. The Hall–Kier alpha value is -2.66. The van der Waals surface area contributed by atoms with Crippen LogP contribution >= 0.6 is 11.6 Å². The van der Waals surface area contributed by atoms with Gasteiger partial charge in [-0.1, -0.05) is 72.3 Å². The Bertz CT molecular complexity index is 1130. The van der Waals surface area contributed by atoms with Gasteiger partial charge in [-0.15, -0.1) is 0 Å². The molecule has 0 N–H and O–H groups in total. The molecule has 1 aliphatic rings. The first-order chi connectivity index (χ1) is 15.2. The van der Waals surface area contributed by atoms with Gasteiger partial charge >= 0.3 is 0 Å². The molecule has 0 aliphatic carbocycles. The minimum absolute atomic E-state index is 0.734. The van der Waals surface area contributed by atoms with Crippen LogP contribution in [-0.2, 0) is 19.6 Å². The van der Waals surface area contributed by atoms with E-state index >= 15 is 0 Å². The summed E-state index contributed by atoms with van der Waals surface area (Å²) in [5.41, 5.74) is 4.79. The van der Waals surface area contributed by atoms with Crippen molar-refractivity contribution in [2.24, 2.45) is 0 Å². The molecule has 3 aromatic carbocycles. The summed E-state index contributed by atoms with van der Waals surface area (Å²) in [7, 11) is 0. The molecule has 5 heteroatoms. The molecule has 1 saturated heterocycles. The average Bonchev–Trinajstić information content (AvgIpc) is 3.12. The average molecular weight is 431 g/mol. The SMILES string of the molecule is Clc1ccc2c(c1)nc(CN1CCN(Cc3ccccc3)CC1)n2Cc1ccccc1. The highest BCUT2D eigenvalue weighted by atomic mass is 35.5. The molecular formula is C26H27ClN4. The first-order valence-corrected chi connectivity index (χ1v) is 11.3. The Morgan fingerprint density at radius 1 is 0.677 bits per heavy atom. The quantitative estimate of drug-likeness (QED) is 0.427. The van der Waals surface area contributed by atoms with Gasteiger partial charge in [-0.2, -0.15) is 0 Å². The van der Waals surface area contributed by atoms with E-state index in [0.717, 1.165) is 67.7 Å². The van der Waals surface area contributed by atoms with E-state index in [0.29, 0.717) is 0 Å². The van der Waals surface area contributed by atoms with E-state index in [4.69, 9.17) is 16.6 Å². The molecule has 0 bridgehead atoms. The van der Waals surface area contributed by atoms with E-state index in [-0.39, 0.29) is 0 Å². The molecule has 0 spiro atoms. The van der Waals surface area contributed by atoms with Crippen molar-refractivity contribution in [1.29, 1.82) is 0 Å². The Labute approximate surface area is 188 Å². The van der Waals surface area contributed by atoms with E-state index < -0.39 is 0 Å². The second-order valence-corrected chi connectivity index (χ2v) is 8.71. The van der Waals surface area contributed by atoms with Crippen LogP contribution in [0.4, 0.5) is 0 Å². The molecule has 0 saturated carbocycles. The summed E-state index contributed by atoms with van der Waals surface area (Å²) in [5.74, 6) is 1.11. The Kier molecular flexibility index (Phi) is 6.03. The second kappa shape index (κ2) is 9.23. The Balaban J connectivity index is 1.31. The maximum Gasteiger partial charge on any atom is 0.124 e. The molecular weight excluding hydrogens is 404 g/mol. The number of fused-ring (bicyclic) bond motifs is 1. The van der Waals surface area contributed by atoms with Crippen LogP contribution in [0.15, 0.2) is 78.9 Å². The summed E-state index contributed by atoms with van der Waals surface area (Å²) in [6, 6.07) is 27.4. The summed E-state index contributed by atoms with van der Waals surface area (Å²) in [5, 5.41) is 0.734. The number of piperazine rings is 1. The van der Waals surface area contributed by atoms with Crippen molar-refractivity contribution in [2.75, 3.05) is 26.2 Å². The molecule has 31 heavy (non-hydrogen) atoms. The van der Waals surface area contributed by atoms with Crippen LogP contribution < -0.4 is 0 Å². The molecule has 0 radical (unpaired) electrons. The molecule has 4 nitrogen and oxygen atoms in total. The largest absolute Gasteiger partial charge is 0.322 e. The van der Waals surface area contributed by atoms with Crippen LogP contribution in [0.3, 0.4) is 0 Å². The molecule has 0 atom stereocenters. The van der Waals surface area contributed by atoms with E-state index in [2.05, 4.69) is 81.1 Å². The monoisotopic (exact) mass is 430 g/mol. The molecule has 158 valence electrons. The molecule has 0 amide bonds. The van der Waals surface area contributed by atoms with Crippen molar-refractivity contribution in [3.8, 4) is 0 Å². The number of hydrogen-bond acceptors (Lipinski definition) is 3. The van der Waals surface area contributed by atoms with Crippen LogP contribution in [0.25, 0.3) is 11.0 Å². The number of halogens is 1. The summed E-state index contributed by atoms with van der Waals surface area (Å²) in [6.45, 7) is 6.99. The van der Waals surface area contributed by atoms with Crippen LogP contribution in [0.2, 0.25) is 5.02 Å². The second-order valence-electron chi connectivity index (χ2n) is 8.27. The van der Waals surface area contributed by atoms with Gasteiger partial charge in [-0.05, 0) is 29.3 Å². The molecule has 1 aliphatic heterocycles. The maximum absolute atomic E-state index is 6.25. The van der Waals surface area contributed by atoms with E-state index in [1.807, 2.05) is 12.1 Å². The molecule has 1 aromatic heterocycles. The number of benzene rings is 3. The Morgan fingerprint density at radius 2 is 1.26 bits per heavy atom. The number of aromatic nitrogens is 2. The van der Waals surface area contributed by atoms with Crippen LogP contribution in [0, 0.1) is 0 Å². The first-order valence-electron chi connectivity index (χ1n) is 10.9. The highest BCUT2D eigenvalue weighted by Gasteiger charge is 2.20. The van der Waals surface area contributed by atoms with Gasteiger partial charge in [0.25, 0.3) is 0 Å². The third-order valence-electron chi connectivity index (χ3n) is 6.05. The highest BCUT2D eigenvalue weighted by molar-refractivity contribution is 6.31. The predicted octanol–water partition coefficient (Wildman–Crippen LogP) is 5.06. The van der Waals surface area contributed by atoms with Crippen LogP contribution in [-0.4, -0.2) is 45.5 Å². The van der Waals surface area contributed by atoms with E-state index in [1.54, 1.807) is 0 Å². The molecule has 0 unspecified atom stereocenters. The molecule has 5 rings (SSSR count). The molecule has 2 heterocycles. The fourth-order valence-corrected chi connectivity index (χ4v) is 4.53. The number of rotatable bonds is 6.